The summed E-state index contributed by atoms with van der Waals surface area (Å²) >= 11 is 0. The molecule has 0 radical (unpaired) electrons. The zero-order valence-electron chi connectivity index (χ0n) is 12.4. The van der Waals surface area contributed by atoms with E-state index >= 15 is 0 Å². The highest BCUT2D eigenvalue weighted by Gasteiger charge is 2.16. The first kappa shape index (κ1) is 14.8. The number of hydrogen-bond donors (Lipinski definition) is 3. The van der Waals surface area contributed by atoms with Gasteiger partial charge in [-0.2, -0.15) is 0 Å². The van der Waals surface area contributed by atoms with Crippen molar-refractivity contribution in [3.63, 3.8) is 0 Å². The van der Waals surface area contributed by atoms with Gasteiger partial charge in [0.15, 0.2) is 5.82 Å². The fraction of sp³-hybridized carbons (Fsp3) is 0.600. The molecule has 5 heteroatoms. The molecule has 2 heterocycles. The average molecular weight is 275 g/mol. The maximum atomic E-state index is 5.86. The molecule has 0 amide bonds. The Balaban J connectivity index is 2.04. The smallest absolute Gasteiger partial charge is 0.151 e. The summed E-state index contributed by atoms with van der Waals surface area (Å²) in [5, 5.41) is 3.39. The molecule has 5 nitrogen and oxygen atoms in total. The number of anilines is 1. The zero-order chi connectivity index (χ0) is 14.4. The van der Waals surface area contributed by atoms with Crippen molar-refractivity contribution in [1.82, 2.24) is 20.3 Å². The Labute approximate surface area is 120 Å². The summed E-state index contributed by atoms with van der Waals surface area (Å²) in [7, 11) is 2.00. The number of nitrogen functional groups attached to an aromatic ring is 1. The molecule has 110 valence electrons. The van der Waals surface area contributed by atoms with Crippen LogP contribution in [-0.2, 0) is 0 Å². The molecule has 1 atom stereocenters. The number of nitrogens with one attached hydrogen (secondary N) is 2. The highest BCUT2D eigenvalue weighted by molar-refractivity contribution is 5.87. The number of fused-ring (bicyclic) bond motifs is 1. The molecule has 1 unspecified atom stereocenters. The molecule has 2 aromatic rings. The van der Waals surface area contributed by atoms with Crippen LogP contribution in [0.15, 0.2) is 12.5 Å². The van der Waals surface area contributed by atoms with Gasteiger partial charge >= 0.3 is 0 Å². The molecule has 0 aromatic carbocycles. The monoisotopic (exact) mass is 275 g/mol. The second-order valence-corrected chi connectivity index (χ2v) is 5.27. The average Bonchev–Trinajstić information content (AvgIpc) is 2.88. The van der Waals surface area contributed by atoms with Crippen molar-refractivity contribution in [2.24, 2.45) is 0 Å². The van der Waals surface area contributed by atoms with Crippen LogP contribution < -0.4 is 11.1 Å². The van der Waals surface area contributed by atoms with Crippen molar-refractivity contribution in [3.8, 4) is 0 Å². The van der Waals surface area contributed by atoms with Gasteiger partial charge in [0, 0.05) is 17.8 Å². The van der Waals surface area contributed by atoms with Gasteiger partial charge in [-0.05, 0) is 13.5 Å². The summed E-state index contributed by atoms with van der Waals surface area (Å²) in [6, 6.07) is 0.319. The maximum absolute atomic E-state index is 5.86. The van der Waals surface area contributed by atoms with Crippen molar-refractivity contribution in [1.29, 1.82) is 0 Å². The lowest BCUT2D eigenvalue weighted by Crippen LogP contribution is -2.16. The van der Waals surface area contributed by atoms with Crippen LogP contribution in [0.3, 0.4) is 0 Å². The zero-order valence-corrected chi connectivity index (χ0v) is 12.4. The molecule has 2 rings (SSSR count). The van der Waals surface area contributed by atoms with Crippen molar-refractivity contribution >= 4 is 16.9 Å². The topological polar surface area (TPSA) is 79.6 Å². The van der Waals surface area contributed by atoms with Gasteiger partial charge in [-0.15, -0.1) is 0 Å². The van der Waals surface area contributed by atoms with Crippen molar-refractivity contribution in [2.75, 3.05) is 12.8 Å². The number of nitrogens with two attached hydrogens (primary N) is 1. The highest BCUT2D eigenvalue weighted by atomic mass is 15.0. The minimum absolute atomic E-state index is 0.319. The van der Waals surface area contributed by atoms with E-state index in [2.05, 4.69) is 27.2 Å². The summed E-state index contributed by atoms with van der Waals surface area (Å²) in [5.41, 5.74) is 8.83. The van der Waals surface area contributed by atoms with Gasteiger partial charge in [0.05, 0.1) is 5.52 Å². The molecule has 0 fully saturated rings. The Hall–Kier alpha value is -1.62. The minimum atomic E-state index is 0.319. The van der Waals surface area contributed by atoms with Crippen LogP contribution in [0.2, 0.25) is 0 Å². The quantitative estimate of drug-likeness (QED) is 0.646. The fourth-order valence-corrected chi connectivity index (χ4v) is 2.65. The Kier molecular flexibility index (Phi) is 5.35. The summed E-state index contributed by atoms with van der Waals surface area (Å²) < 4.78 is 0. The van der Waals surface area contributed by atoms with E-state index in [0.717, 1.165) is 17.5 Å². The van der Waals surface area contributed by atoms with E-state index in [0.29, 0.717) is 11.9 Å². The molecule has 0 bridgehead atoms. The van der Waals surface area contributed by atoms with Crippen LogP contribution in [0.1, 0.15) is 57.1 Å². The van der Waals surface area contributed by atoms with E-state index in [1.54, 1.807) is 0 Å². The lowest BCUT2D eigenvalue weighted by molar-refractivity contribution is 0.502. The normalized spacial score (nSPS) is 12.9. The Morgan fingerprint density at radius 2 is 2.05 bits per heavy atom. The van der Waals surface area contributed by atoms with E-state index in [9.17, 15) is 0 Å². The van der Waals surface area contributed by atoms with Gasteiger partial charge in [0.2, 0.25) is 0 Å². The summed E-state index contributed by atoms with van der Waals surface area (Å²) in [6.45, 7) is 2.24. The van der Waals surface area contributed by atoms with E-state index in [-0.39, 0.29) is 0 Å². The molecule has 4 N–H and O–H groups in total. The highest BCUT2D eigenvalue weighted by Crippen LogP contribution is 2.27. The van der Waals surface area contributed by atoms with E-state index in [1.165, 1.54) is 44.0 Å². The number of H-pyrrole nitrogens is 1. The van der Waals surface area contributed by atoms with Crippen molar-refractivity contribution in [3.05, 3.63) is 18.1 Å². The third kappa shape index (κ3) is 3.28. The summed E-state index contributed by atoms with van der Waals surface area (Å²) in [5.74, 6) is 0.513. The molecular weight excluding hydrogens is 250 g/mol. The lowest BCUT2D eigenvalue weighted by atomic mass is 10.0. The Morgan fingerprint density at radius 3 is 2.80 bits per heavy atom. The number of hydrogen-bond acceptors (Lipinski definition) is 4. The molecule has 0 spiro atoms. The molecular formula is C15H25N5. The van der Waals surface area contributed by atoms with Crippen LogP contribution in [0.5, 0.6) is 0 Å². The molecule has 0 aliphatic heterocycles. The Morgan fingerprint density at radius 1 is 1.25 bits per heavy atom. The predicted molar refractivity (Wildman–Crippen MR) is 83.5 cm³/mol. The maximum Gasteiger partial charge on any atom is 0.151 e. The molecule has 0 aliphatic rings. The van der Waals surface area contributed by atoms with Crippen LogP contribution in [-0.4, -0.2) is 22.0 Å². The van der Waals surface area contributed by atoms with Crippen LogP contribution in [0.25, 0.3) is 11.0 Å². The van der Waals surface area contributed by atoms with Crippen LogP contribution >= 0.6 is 0 Å². The van der Waals surface area contributed by atoms with Gasteiger partial charge < -0.3 is 16.0 Å². The van der Waals surface area contributed by atoms with E-state index < -0.39 is 0 Å². The standard InChI is InChI=1S/C15H25N5/c1-3-4-5-6-7-8-12(17-2)11-9-18-14-13(11)19-10-20-15(14)16/h9-10,12,17-18H,3-8H2,1-2H3,(H2,16,19,20). The first-order valence-corrected chi connectivity index (χ1v) is 7.52. The van der Waals surface area contributed by atoms with Crippen LogP contribution in [0.4, 0.5) is 5.82 Å². The van der Waals surface area contributed by atoms with Crippen molar-refractivity contribution in [2.45, 2.75) is 51.5 Å². The molecule has 0 saturated carbocycles. The summed E-state index contributed by atoms with van der Waals surface area (Å²) in [4.78, 5) is 11.6. The second-order valence-electron chi connectivity index (χ2n) is 5.27. The number of aromatic amines is 1. The lowest BCUT2D eigenvalue weighted by Gasteiger charge is -2.15. The van der Waals surface area contributed by atoms with E-state index in [1.807, 2.05) is 13.2 Å². The minimum Gasteiger partial charge on any atom is -0.382 e. The first-order valence-electron chi connectivity index (χ1n) is 7.52. The van der Waals surface area contributed by atoms with Crippen LogP contribution in [0, 0.1) is 0 Å². The first-order chi connectivity index (χ1) is 9.77. The Bertz CT molecular complexity index is 534. The predicted octanol–water partition coefficient (Wildman–Crippen LogP) is 3.16. The summed E-state index contributed by atoms with van der Waals surface area (Å²) in [6.07, 6.45) is 11.1. The number of aromatic nitrogens is 3. The van der Waals surface area contributed by atoms with Gasteiger partial charge in [-0.3, -0.25) is 0 Å². The van der Waals surface area contributed by atoms with Gasteiger partial charge in [-0.25, -0.2) is 9.97 Å². The fourth-order valence-electron chi connectivity index (χ4n) is 2.65. The largest absolute Gasteiger partial charge is 0.382 e. The molecule has 2 aromatic heterocycles. The third-order valence-corrected chi connectivity index (χ3v) is 3.84. The van der Waals surface area contributed by atoms with Gasteiger partial charge in [-0.1, -0.05) is 39.0 Å². The number of rotatable bonds is 8. The molecule has 0 saturated heterocycles. The molecule has 0 aliphatic carbocycles. The van der Waals surface area contributed by atoms with Gasteiger partial charge in [0.1, 0.15) is 11.8 Å². The van der Waals surface area contributed by atoms with Crippen molar-refractivity contribution < 1.29 is 0 Å². The SMILES string of the molecule is CCCCCCCC(NC)c1c[nH]c2c(N)ncnc12. The molecule has 20 heavy (non-hydrogen) atoms. The number of unbranched alkanes of at least 4 members (excludes halogenated alkanes) is 4. The number of nitrogens with zero attached hydrogens (tertiary/aromatic N) is 2. The van der Waals surface area contributed by atoms with Gasteiger partial charge in [0.25, 0.3) is 0 Å². The second kappa shape index (κ2) is 7.24. The van der Waals surface area contributed by atoms with E-state index in [4.69, 9.17) is 5.73 Å². The third-order valence-electron chi connectivity index (χ3n) is 3.84.